The molecule has 2 N–H and O–H groups in total. The smallest absolute Gasteiger partial charge is 0.312 e. The van der Waals surface area contributed by atoms with Gasteiger partial charge in [-0.1, -0.05) is 0 Å². The number of carboxylic acid groups (broad SMARTS) is 1. The van der Waals surface area contributed by atoms with E-state index in [1.165, 1.54) is 0 Å². The van der Waals surface area contributed by atoms with Crippen LogP contribution in [0.4, 0.5) is 0 Å². The molecule has 0 atom stereocenters. The maximum absolute atomic E-state index is 10.7. The van der Waals surface area contributed by atoms with Crippen molar-refractivity contribution in [2.45, 2.75) is 12.8 Å². The number of nitrogens with one attached hydrogen (secondary N) is 1. The molecule has 0 aromatic carbocycles. The maximum atomic E-state index is 10.7. The zero-order chi connectivity index (χ0) is 7.19. The van der Waals surface area contributed by atoms with E-state index >= 15 is 0 Å². The first-order valence-electron chi connectivity index (χ1n) is 3.70. The van der Waals surface area contributed by atoms with Gasteiger partial charge in [-0.25, -0.2) is 0 Å². The molecule has 0 aromatic rings. The van der Waals surface area contributed by atoms with Gasteiger partial charge in [0.1, 0.15) is 0 Å². The van der Waals surface area contributed by atoms with Crippen LogP contribution in [0.3, 0.4) is 0 Å². The summed E-state index contributed by atoms with van der Waals surface area (Å²) in [5, 5.41) is 11.9. The second-order valence-electron chi connectivity index (χ2n) is 3.34. The highest BCUT2D eigenvalue weighted by Gasteiger charge is 2.54. The molecule has 0 bridgehead atoms. The van der Waals surface area contributed by atoms with Gasteiger partial charge >= 0.3 is 5.97 Å². The number of carbonyl (C=O) groups is 1. The lowest BCUT2D eigenvalue weighted by molar-refractivity contribution is -0.153. The Labute approximate surface area is 71.6 Å². The molecule has 2 rings (SSSR count). The summed E-state index contributed by atoms with van der Waals surface area (Å²) in [5.41, 5.74) is -0.361. The average Bonchev–Trinajstić information content (AvgIpc) is 2.43. The highest BCUT2D eigenvalue weighted by atomic mass is 35.5. The monoisotopic (exact) mass is 177 g/mol. The van der Waals surface area contributed by atoms with Crippen LogP contribution in [-0.2, 0) is 4.79 Å². The van der Waals surface area contributed by atoms with Crippen LogP contribution in [-0.4, -0.2) is 24.2 Å². The number of carboxylic acids is 1. The van der Waals surface area contributed by atoms with Crippen molar-refractivity contribution in [1.29, 1.82) is 0 Å². The number of hydrogen-bond donors (Lipinski definition) is 2. The van der Waals surface area contributed by atoms with E-state index in [0.29, 0.717) is 19.0 Å². The van der Waals surface area contributed by atoms with Crippen molar-refractivity contribution >= 4 is 18.4 Å². The quantitative estimate of drug-likeness (QED) is 0.646. The fourth-order valence-corrected chi connectivity index (χ4v) is 1.64. The van der Waals surface area contributed by atoms with E-state index in [1.54, 1.807) is 0 Å². The van der Waals surface area contributed by atoms with Crippen molar-refractivity contribution < 1.29 is 9.90 Å². The Morgan fingerprint density at radius 1 is 1.45 bits per heavy atom. The Hall–Kier alpha value is -0.280. The summed E-state index contributed by atoms with van der Waals surface area (Å²) in [5.74, 6) is -0.125. The molecule has 1 aliphatic heterocycles. The lowest BCUT2D eigenvalue weighted by atomic mass is 9.77. The molecular formula is C7H12ClNO2. The largest absolute Gasteiger partial charge is 0.481 e. The summed E-state index contributed by atoms with van der Waals surface area (Å²) in [4.78, 5) is 10.7. The van der Waals surface area contributed by atoms with Crippen LogP contribution in [0, 0.1) is 11.3 Å². The third kappa shape index (κ3) is 1.12. The third-order valence-electron chi connectivity index (χ3n) is 2.67. The van der Waals surface area contributed by atoms with Crippen LogP contribution in [0.1, 0.15) is 12.8 Å². The van der Waals surface area contributed by atoms with Crippen LogP contribution in [0.25, 0.3) is 0 Å². The maximum Gasteiger partial charge on any atom is 0.312 e. The third-order valence-corrected chi connectivity index (χ3v) is 2.67. The summed E-state index contributed by atoms with van der Waals surface area (Å²) in [6.07, 6.45) is 2.24. The fraction of sp³-hybridized carbons (Fsp3) is 0.857. The van der Waals surface area contributed by atoms with Crippen LogP contribution in [0.2, 0.25) is 0 Å². The standard InChI is InChI=1S/C7H11NO2.ClH/c9-6(10)7(3-8-4-7)5-1-2-5;/h5,8H,1-4H2,(H,9,10);1H. The predicted octanol–water partition coefficient (Wildman–Crippen LogP) is 0.492. The van der Waals surface area contributed by atoms with E-state index in [2.05, 4.69) is 5.32 Å². The second-order valence-corrected chi connectivity index (χ2v) is 3.34. The zero-order valence-electron chi connectivity index (χ0n) is 6.17. The van der Waals surface area contributed by atoms with Gasteiger partial charge in [-0.3, -0.25) is 4.79 Å². The summed E-state index contributed by atoms with van der Waals surface area (Å²) in [6.45, 7) is 1.37. The van der Waals surface area contributed by atoms with E-state index in [9.17, 15) is 4.79 Å². The van der Waals surface area contributed by atoms with Gasteiger partial charge in [-0.05, 0) is 18.8 Å². The van der Waals surface area contributed by atoms with Gasteiger partial charge in [0, 0.05) is 13.1 Å². The topological polar surface area (TPSA) is 49.3 Å². The molecule has 0 radical (unpaired) electrons. The first-order valence-corrected chi connectivity index (χ1v) is 3.70. The second kappa shape index (κ2) is 2.64. The minimum atomic E-state index is -0.603. The first kappa shape index (κ1) is 8.81. The van der Waals surface area contributed by atoms with E-state index in [0.717, 1.165) is 12.8 Å². The van der Waals surface area contributed by atoms with Crippen molar-refractivity contribution in [3.8, 4) is 0 Å². The molecule has 4 heteroatoms. The Bertz CT molecular complexity index is 175. The molecule has 1 aliphatic carbocycles. The van der Waals surface area contributed by atoms with Crippen molar-refractivity contribution in [2.75, 3.05) is 13.1 Å². The molecule has 2 aliphatic rings. The molecule has 1 saturated heterocycles. The van der Waals surface area contributed by atoms with Gasteiger partial charge in [0.05, 0.1) is 5.41 Å². The fourth-order valence-electron chi connectivity index (χ4n) is 1.64. The van der Waals surface area contributed by atoms with Crippen LogP contribution >= 0.6 is 12.4 Å². The van der Waals surface area contributed by atoms with Crippen molar-refractivity contribution in [2.24, 2.45) is 11.3 Å². The van der Waals surface area contributed by atoms with Crippen molar-refractivity contribution in [3.63, 3.8) is 0 Å². The number of hydrogen-bond acceptors (Lipinski definition) is 2. The van der Waals surface area contributed by atoms with Gasteiger partial charge in [0.15, 0.2) is 0 Å². The van der Waals surface area contributed by atoms with Gasteiger partial charge in [0.2, 0.25) is 0 Å². The number of aliphatic carboxylic acids is 1. The predicted molar refractivity (Wildman–Crippen MR) is 42.9 cm³/mol. The first-order chi connectivity index (χ1) is 4.76. The molecule has 0 unspecified atom stereocenters. The van der Waals surface area contributed by atoms with Gasteiger partial charge in [0.25, 0.3) is 0 Å². The van der Waals surface area contributed by atoms with E-state index in [4.69, 9.17) is 5.11 Å². The molecule has 0 spiro atoms. The minimum Gasteiger partial charge on any atom is -0.481 e. The molecule has 1 heterocycles. The average molecular weight is 178 g/mol. The van der Waals surface area contributed by atoms with Gasteiger partial charge in [-0.2, -0.15) is 0 Å². The summed E-state index contributed by atoms with van der Waals surface area (Å²) in [7, 11) is 0. The van der Waals surface area contributed by atoms with E-state index in [-0.39, 0.29) is 17.8 Å². The Morgan fingerprint density at radius 3 is 2.09 bits per heavy atom. The molecule has 0 amide bonds. The summed E-state index contributed by atoms with van der Waals surface area (Å²) >= 11 is 0. The number of rotatable bonds is 2. The lowest BCUT2D eigenvalue weighted by Crippen LogP contribution is -2.59. The highest BCUT2D eigenvalue weighted by Crippen LogP contribution is 2.48. The normalized spacial score (nSPS) is 26.5. The SMILES string of the molecule is Cl.O=C(O)C1(C2CC2)CNC1. The zero-order valence-corrected chi connectivity index (χ0v) is 6.99. The van der Waals surface area contributed by atoms with Crippen molar-refractivity contribution in [3.05, 3.63) is 0 Å². The Morgan fingerprint density at radius 2 is 2.00 bits per heavy atom. The van der Waals surface area contributed by atoms with Crippen LogP contribution in [0.15, 0.2) is 0 Å². The number of halogens is 1. The lowest BCUT2D eigenvalue weighted by Gasteiger charge is -2.38. The molecule has 2 fully saturated rings. The van der Waals surface area contributed by atoms with Gasteiger partial charge < -0.3 is 10.4 Å². The minimum absolute atomic E-state index is 0. The molecule has 11 heavy (non-hydrogen) atoms. The van der Waals surface area contributed by atoms with Crippen LogP contribution < -0.4 is 5.32 Å². The molecular weight excluding hydrogens is 166 g/mol. The molecule has 1 saturated carbocycles. The summed E-state index contributed by atoms with van der Waals surface area (Å²) < 4.78 is 0. The summed E-state index contributed by atoms with van der Waals surface area (Å²) in [6, 6.07) is 0. The Kier molecular flexibility index (Phi) is 2.12. The van der Waals surface area contributed by atoms with Crippen LogP contribution in [0.5, 0.6) is 0 Å². The van der Waals surface area contributed by atoms with Gasteiger partial charge in [-0.15, -0.1) is 12.4 Å². The molecule has 64 valence electrons. The highest BCUT2D eigenvalue weighted by molar-refractivity contribution is 5.85. The molecule has 0 aromatic heterocycles. The molecule has 3 nitrogen and oxygen atoms in total. The van der Waals surface area contributed by atoms with E-state index in [1.807, 2.05) is 0 Å². The van der Waals surface area contributed by atoms with Crippen molar-refractivity contribution in [1.82, 2.24) is 5.32 Å². The Balaban J connectivity index is 0.000000605. The van der Waals surface area contributed by atoms with E-state index < -0.39 is 5.97 Å².